The third-order valence-electron chi connectivity index (χ3n) is 6.00. The molecule has 1 fully saturated rings. The van der Waals surface area contributed by atoms with Gasteiger partial charge in [-0.3, -0.25) is 9.71 Å². The average molecular weight is 574 g/mol. The van der Waals surface area contributed by atoms with Gasteiger partial charge in [-0.15, -0.1) is 0 Å². The predicted molar refractivity (Wildman–Crippen MR) is 152 cm³/mol. The first-order chi connectivity index (χ1) is 17.6. The van der Waals surface area contributed by atoms with E-state index >= 15 is 0 Å². The van der Waals surface area contributed by atoms with Gasteiger partial charge in [0.15, 0.2) is 5.11 Å². The van der Waals surface area contributed by atoms with E-state index in [2.05, 4.69) is 15.0 Å². The number of aryl methyl sites for hydroxylation is 1. The number of thiocarbonyl (C=S) groups is 1. The van der Waals surface area contributed by atoms with Crippen LogP contribution in [0, 0.1) is 6.92 Å². The van der Waals surface area contributed by atoms with Gasteiger partial charge in [0.1, 0.15) is 17.6 Å². The van der Waals surface area contributed by atoms with Crippen LogP contribution in [0.2, 0.25) is 10.0 Å². The number of anilines is 2. The van der Waals surface area contributed by atoms with Crippen LogP contribution >= 0.6 is 35.4 Å². The molecule has 2 atom stereocenters. The van der Waals surface area contributed by atoms with Crippen molar-refractivity contribution in [2.75, 3.05) is 15.9 Å². The number of furan rings is 1. The highest BCUT2D eigenvalue weighted by atomic mass is 35.5. The Labute approximate surface area is 230 Å². The van der Waals surface area contributed by atoms with Crippen LogP contribution in [-0.2, 0) is 10.0 Å². The molecule has 0 spiro atoms. The Morgan fingerprint density at radius 3 is 2.54 bits per heavy atom. The second kappa shape index (κ2) is 9.98. The highest BCUT2D eigenvalue weighted by Gasteiger charge is 2.42. The van der Waals surface area contributed by atoms with Crippen LogP contribution < -0.4 is 14.9 Å². The van der Waals surface area contributed by atoms with E-state index < -0.39 is 10.0 Å². The molecule has 2 N–H and O–H groups in total. The molecule has 0 amide bonds. The average Bonchev–Trinajstić information content (AvgIpc) is 3.46. The van der Waals surface area contributed by atoms with E-state index in [1.54, 1.807) is 24.4 Å². The number of sulfonamides is 1. The summed E-state index contributed by atoms with van der Waals surface area (Å²) in [4.78, 5) is 6.52. The lowest BCUT2D eigenvalue weighted by Crippen LogP contribution is -2.29. The van der Waals surface area contributed by atoms with Gasteiger partial charge in [-0.1, -0.05) is 29.3 Å². The lowest BCUT2D eigenvalue weighted by molar-refractivity contribution is 0.439. The van der Waals surface area contributed by atoms with Gasteiger partial charge in [0.05, 0.1) is 33.7 Å². The monoisotopic (exact) mass is 572 g/mol. The molecule has 0 saturated carbocycles. The molecule has 1 saturated heterocycles. The molecule has 11 heteroatoms. The van der Waals surface area contributed by atoms with E-state index in [0.29, 0.717) is 32.4 Å². The summed E-state index contributed by atoms with van der Waals surface area (Å²) in [5.74, 6) is 1.30. The van der Waals surface area contributed by atoms with Crippen LogP contribution in [0.1, 0.15) is 29.1 Å². The molecule has 7 nitrogen and oxygen atoms in total. The van der Waals surface area contributed by atoms with Crippen LogP contribution in [0.15, 0.2) is 77.3 Å². The topological polar surface area (TPSA) is 87.5 Å². The molecule has 2 aromatic carbocycles. The van der Waals surface area contributed by atoms with Crippen LogP contribution in [0.4, 0.5) is 11.4 Å². The first-order valence-electron chi connectivity index (χ1n) is 11.2. The summed E-state index contributed by atoms with van der Waals surface area (Å²) in [5.41, 5.74) is 3.63. The third kappa shape index (κ3) is 5.31. The first kappa shape index (κ1) is 25.5. The van der Waals surface area contributed by atoms with Crippen molar-refractivity contribution >= 4 is 61.9 Å². The normalized spacial score (nSPS) is 17.6. The number of nitrogens with zero attached hydrogens (tertiary/aromatic N) is 2. The van der Waals surface area contributed by atoms with Gasteiger partial charge in [-0.05, 0) is 85.4 Å². The maximum absolute atomic E-state index is 11.8. The minimum absolute atomic E-state index is 0.296. The largest absolute Gasteiger partial charge is 0.459 e. The van der Waals surface area contributed by atoms with Crippen LogP contribution in [0.3, 0.4) is 0 Å². The van der Waals surface area contributed by atoms with Crippen molar-refractivity contribution in [1.29, 1.82) is 0 Å². The molecule has 0 bridgehead atoms. The molecule has 2 aromatic heterocycles. The lowest BCUT2D eigenvalue weighted by atomic mass is 10.0. The zero-order valence-corrected chi connectivity index (χ0v) is 22.9. The van der Waals surface area contributed by atoms with E-state index in [9.17, 15) is 8.42 Å². The van der Waals surface area contributed by atoms with E-state index in [0.717, 1.165) is 28.8 Å². The van der Waals surface area contributed by atoms with Crippen molar-refractivity contribution < 1.29 is 12.8 Å². The van der Waals surface area contributed by atoms with Crippen molar-refractivity contribution in [2.24, 2.45) is 0 Å². The molecular weight excluding hydrogens is 551 g/mol. The summed E-state index contributed by atoms with van der Waals surface area (Å²) in [6.45, 7) is 1.84. The number of hydrogen-bond donors (Lipinski definition) is 2. The molecule has 3 heterocycles. The fourth-order valence-corrected chi connectivity index (χ4v) is 5.62. The van der Waals surface area contributed by atoms with Crippen molar-refractivity contribution in [2.45, 2.75) is 19.0 Å². The first-order valence-corrected chi connectivity index (χ1v) is 14.3. The Kier molecular flexibility index (Phi) is 6.89. The quantitative estimate of drug-likeness (QED) is 0.255. The molecule has 0 aliphatic carbocycles. The fourth-order valence-electron chi connectivity index (χ4n) is 4.35. The highest BCUT2D eigenvalue weighted by molar-refractivity contribution is 7.92. The minimum atomic E-state index is -3.41. The van der Waals surface area contributed by atoms with E-state index in [4.69, 9.17) is 39.8 Å². The zero-order valence-electron chi connectivity index (χ0n) is 19.8. The predicted octanol–water partition coefficient (Wildman–Crippen LogP) is 6.51. The molecule has 4 aromatic rings. The maximum Gasteiger partial charge on any atom is 0.229 e. The number of aromatic nitrogens is 1. The van der Waals surface area contributed by atoms with Gasteiger partial charge in [0.25, 0.3) is 0 Å². The van der Waals surface area contributed by atoms with Crippen LogP contribution in [-0.4, -0.2) is 24.8 Å². The smallest absolute Gasteiger partial charge is 0.229 e. The van der Waals surface area contributed by atoms with Crippen molar-refractivity contribution in [3.05, 3.63) is 100.0 Å². The number of halogens is 2. The summed E-state index contributed by atoms with van der Waals surface area (Å²) >= 11 is 18.1. The summed E-state index contributed by atoms with van der Waals surface area (Å²) < 4.78 is 32.4. The Balaban J connectivity index is 1.58. The van der Waals surface area contributed by atoms with Crippen molar-refractivity contribution in [1.82, 2.24) is 10.3 Å². The number of nitrogens with one attached hydrogen (secondary N) is 2. The Morgan fingerprint density at radius 2 is 1.86 bits per heavy atom. The number of rotatable bonds is 6. The van der Waals surface area contributed by atoms with E-state index in [1.165, 1.54) is 0 Å². The lowest BCUT2D eigenvalue weighted by Gasteiger charge is -2.26. The SMILES string of the molecule is Cc1cc(N2C(=S)N[C@@H](c3ccccn3)[C@@H]2c2ccc(-c3ccc(Cl)c(Cl)c3)o2)ccc1NS(C)(=O)=O. The molecule has 1 aliphatic heterocycles. The molecule has 0 radical (unpaired) electrons. The van der Waals surface area contributed by atoms with E-state index in [1.807, 2.05) is 60.4 Å². The standard InChI is InChI=1S/C26H22Cl2N4O3S2/c1-15-13-17(7-9-20(15)31-37(2,33)34)32-25(24(30-26(32)36)21-5-3-4-12-29-21)23-11-10-22(35-23)16-6-8-18(27)19(28)14-16/h3-14,24-25,31H,1-2H3,(H,30,36)/t24-,25-/m0/s1. The second-order valence-electron chi connectivity index (χ2n) is 8.70. The van der Waals surface area contributed by atoms with Crippen LogP contribution in [0.5, 0.6) is 0 Å². The van der Waals surface area contributed by atoms with Gasteiger partial charge in [-0.2, -0.15) is 0 Å². The molecule has 190 valence electrons. The van der Waals surface area contributed by atoms with Gasteiger partial charge in [-0.25, -0.2) is 8.42 Å². The maximum atomic E-state index is 11.8. The van der Waals surface area contributed by atoms with Gasteiger partial charge in [0.2, 0.25) is 10.0 Å². The van der Waals surface area contributed by atoms with Gasteiger partial charge >= 0.3 is 0 Å². The number of hydrogen-bond acceptors (Lipinski definition) is 5. The molecule has 37 heavy (non-hydrogen) atoms. The summed E-state index contributed by atoms with van der Waals surface area (Å²) in [7, 11) is -3.41. The number of pyridine rings is 1. The van der Waals surface area contributed by atoms with Gasteiger partial charge in [0, 0.05) is 17.4 Å². The Bertz CT molecular complexity index is 1590. The molecule has 5 rings (SSSR count). The highest BCUT2D eigenvalue weighted by Crippen LogP contribution is 2.43. The third-order valence-corrected chi connectivity index (χ3v) is 7.65. The van der Waals surface area contributed by atoms with Crippen LogP contribution in [0.25, 0.3) is 11.3 Å². The zero-order chi connectivity index (χ0) is 26.3. The summed E-state index contributed by atoms with van der Waals surface area (Å²) in [5, 5.41) is 4.79. The fraction of sp³-hybridized carbons (Fsp3) is 0.154. The Morgan fingerprint density at radius 1 is 1.05 bits per heavy atom. The van der Waals surface area contributed by atoms with Crippen molar-refractivity contribution in [3.8, 4) is 11.3 Å². The Hall–Kier alpha value is -3.11. The summed E-state index contributed by atoms with van der Waals surface area (Å²) in [6, 6.07) is 19.6. The van der Waals surface area contributed by atoms with Gasteiger partial charge < -0.3 is 14.6 Å². The molecular formula is C26H22Cl2N4O3S2. The van der Waals surface area contributed by atoms with Crippen molar-refractivity contribution in [3.63, 3.8) is 0 Å². The second-order valence-corrected chi connectivity index (χ2v) is 11.7. The minimum Gasteiger partial charge on any atom is -0.459 e. The van der Waals surface area contributed by atoms with E-state index in [-0.39, 0.29) is 12.1 Å². The summed E-state index contributed by atoms with van der Waals surface area (Å²) in [6.07, 6.45) is 2.86. The molecule has 1 aliphatic rings. The molecule has 0 unspecified atom stereocenters. The number of benzene rings is 2.